The fraction of sp³-hybridized carbons (Fsp3) is 0.267. The van der Waals surface area contributed by atoms with Gasteiger partial charge < -0.3 is 9.84 Å². The summed E-state index contributed by atoms with van der Waals surface area (Å²) in [5, 5.41) is 11.1. The quantitative estimate of drug-likeness (QED) is 0.608. The topological polar surface area (TPSA) is 92.7 Å². The largest absolute Gasteiger partial charge is 0.461 e. The van der Waals surface area contributed by atoms with Crippen LogP contribution in [-0.4, -0.2) is 22.9 Å². The molecule has 1 aliphatic heterocycles. The Bertz CT molecular complexity index is 633. The number of aliphatic hydroxyl groups excluding tert-OH is 1. The van der Waals surface area contributed by atoms with Gasteiger partial charge in [0.1, 0.15) is 6.61 Å². The lowest BCUT2D eigenvalue weighted by Crippen LogP contribution is -2.23. The molecule has 0 aliphatic carbocycles. The van der Waals surface area contributed by atoms with Gasteiger partial charge in [0.15, 0.2) is 0 Å². The van der Waals surface area contributed by atoms with Crippen molar-refractivity contribution in [1.29, 1.82) is 0 Å². The number of nitrogens with one attached hydrogen (secondary N) is 1. The first kappa shape index (κ1) is 14.9. The lowest BCUT2D eigenvalue weighted by atomic mass is 10.1. The molecule has 0 radical (unpaired) electrons. The van der Waals surface area contributed by atoms with Crippen LogP contribution in [0, 0.1) is 6.92 Å². The van der Waals surface area contributed by atoms with Crippen LogP contribution < -0.4 is 5.32 Å². The summed E-state index contributed by atoms with van der Waals surface area (Å²) in [7, 11) is 0. The summed E-state index contributed by atoms with van der Waals surface area (Å²) in [6, 6.07) is 5.35. The number of carbonyl (C=O) groups is 3. The maximum atomic E-state index is 11.6. The van der Waals surface area contributed by atoms with E-state index in [-0.39, 0.29) is 25.2 Å². The van der Waals surface area contributed by atoms with Crippen molar-refractivity contribution in [3.63, 3.8) is 0 Å². The molecule has 2 amide bonds. The molecule has 0 saturated carbocycles. The van der Waals surface area contributed by atoms with Gasteiger partial charge in [-0.25, -0.2) is 0 Å². The van der Waals surface area contributed by atoms with E-state index in [1.165, 1.54) is 0 Å². The molecule has 1 aliphatic rings. The number of hydrogen-bond donors (Lipinski definition) is 2. The number of rotatable bonds is 5. The molecule has 21 heavy (non-hydrogen) atoms. The summed E-state index contributed by atoms with van der Waals surface area (Å²) < 4.78 is 5.07. The maximum Gasteiger partial charge on any atom is 0.310 e. The predicted molar refractivity (Wildman–Crippen MR) is 72.7 cm³/mol. The molecular formula is C15H15NO5. The number of ether oxygens (including phenoxy) is 1. The average molecular weight is 289 g/mol. The smallest absolute Gasteiger partial charge is 0.310 e. The molecule has 2 rings (SSSR count). The first-order valence-corrected chi connectivity index (χ1v) is 6.40. The third-order valence-corrected chi connectivity index (χ3v) is 3.15. The highest BCUT2D eigenvalue weighted by atomic mass is 16.5. The average Bonchev–Trinajstić information content (AvgIpc) is 2.74. The van der Waals surface area contributed by atoms with E-state index in [2.05, 4.69) is 5.32 Å². The van der Waals surface area contributed by atoms with E-state index in [0.29, 0.717) is 0 Å². The first-order chi connectivity index (χ1) is 9.99. The summed E-state index contributed by atoms with van der Waals surface area (Å²) in [5.74, 6) is -1.65. The lowest BCUT2D eigenvalue weighted by molar-refractivity contribution is -0.144. The third-order valence-electron chi connectivity index (χ3n) is 3.15. The molecule has 6 heteroatoms. The number of benzene rings is 1. The molecule has 0 atom stereocenters. The van der Waals surface area contributed by atoms with Crippen molar-refractivity contribution < 1.29 is 24.2 Å². The van der Waals surface area contributed by atoms with Crippen LogP contribution in [0.5, 0.6) is 0 Å². The summed E-state index contributed by atoms with van der Waals surface area (Å²) >= 11 is 0. The predicted octanol–water partition coefficient (Wildman–Crippen LogP) is 0.503. The normalized spacial score (nSPS) is 13.9. The van der Waals surface area contributed by atoms with Gasteiger partial charge in [0, 0.05) is 11.6 Å². The molecule has 110 valence electrons. The Balaban J connectivity index is 1.90. The Labute approximate surface area is 121 Å². The maximum absolute atomic E-state index is 11.6. The van der Waals surface area contributed by atoms with Crippen LogP contribution in [0.15, 0.2) is 29.8 Å². The van der Waals surface area contributed by atoms with Crippen molar-refractivity contribution in [3.8, 4) is 0 Å². The van der Waals surface area contributed by atoms with Gasteiger partial charge in [-0.2, -0.15) is 0 Å². The number of carbonyl (C=O) groups excluding carboxylic acids is 3. The fourth-order valence-electron chi connectivity index (χ4n) is 1.98. The number of aryl methyl sites for hydroxylation is 1. The Kier molecular flexibility index (Phi) is 4.49. The molecule has 2 N–H and O–H groups in total. The number of aliphatic hydroxyl groups is 1. The van der Waals surface area contributed by atoms with Crippen molar-refractivity contribution in [2.75, 3.05) is 0 Å². The standard InChI is InChI=1S/C15H15NO5/c1-9-4-10(2-3-11(9)7-17)8-21-14(19)6-12-5-13(18)16-15(12)20/h2-5,17H,6-8H2,1H3,(H,16,18,20). The zero-order valence-corrected chi connectivity index (χ0v) is 11.5. The Morgan fingerprint density at radius 2 is 2.10 bits per heavy atom. The highest BCUT2D eigenvalue weighted by Gasteiger charge is 2.23. The zero-order chi connectivity index (χ0) is 15.4. The van der Waals surface area contributed by atoms with Gasteiger partial charge in [-0.15, -0.1) is 0 Å². The molecule has 1 heterocycles. The van der Waals surface area contributed by atoms with Crippen LogP contribution in [0.4, 0.5) is 0 Å². The van der Waals surface area contributed by atoms with Gasteiger partial charge in [-0.3, -0.25) is 19.7 Å². The van der Waals surface area contributed by atoms with Gasteiger partial charge in [-0.1, -0.05) is 18.2 Å². The minimum atomic E-state index is -0.574. The van der Waals surface area contributed by atoms with Gasteiger partial charge in [0.2, 0.25) is 0 Å². The van der Waals surface area contributed by atoms with Crippen molar-refractivity contribution in [2.24, 2.45) is 0 Å². The van der Waals surface area contributed by atoms with E-state index in [1.807, 2.05) is 13.0 Å². The van der Waals surface area contributed by atoms with Crippen LogP contribution in [0.3, 0.4) is 0 Å². The van der Waals surface area contributed by atoms with Crippen LogP contribution in [0.25, 0.3) is 0 Å². The summed E-state index contributed by atoms with van der Waals surface area (Å²) in [6.45, 7) is 1.90. The molecule has 0 unspecified atom stereocenters. The van der Waals surface area contributed by atoms with Gasteiger partial charge in [0.25, 0.3) is 11.8 Å². The zero-order valence-electron chi connectivity index (χ0n) is 11.5. The number of amides is 2. The van der Waals surface area contributed by atoms with Crippen molar-refractivity contribution in [2.45, 2.75) is 26.6 Å². The Hall–Kier alpha value is -2.47. The molecule has 0 spiro atoms. The Morgan fingerprint density at radius 1 is 1.33 bits per heavy atom. The van der Waals surface area contributed by atoms with Crippen molar-refractivity contribution in [3.05, 3.63) is 46.5 Å². The summed E-state index contributed by atoms with van der Waals surface area (Å²) in [4.78, 5) is 33.9. The number of imide groups is 1. The second kappa shape index (κ2) is 6.32. The second-order valence-corrected chi connectivity index (χ2v) is 4.74. The molecule has 0 bridgehead atoms. The number of esters is 1. The van der Waals surface area contributed by atoms with Crippen LogP contribution >= 0.6 is 0 Å². The molecule has 6 nitrogen and oxygen atoms in total. The van der Waals surface area contributed by atoms with E-state index < -0.39 is 17.8 Å². The lowest BCUT2D eigenvalue weighted by Gasteiger charge is -2.08. The van der Waals surface area contributed by atoms with E-state index in [9.17, 15) is 14.4 Å². The highest BCUT2D eigenvalue weighted by Crippen LogP contribution is 2.13. The van der Waals surface area contributed by atoms with Crippen LogP contribution in [-0.2, 0) is 32.3 Å². The SMILES string of the molecule is Cc1cc(COC(=O)CC2=CC(=O)NC2=O)ccc1CO. The van der Waals surface area contributed by atoms with E-state index >= 15 is 0 Å². The van der Waals surface area contributed by atoms with E-state index in [0.717, 1.165) is 22.8 Å². The monoisotopic (exact) mass is 289 g/mol. The molecule has 1 aromatic rings. The van der Waals surface area contributed by atoms with Crippen LogP contribution in [0.1, 0.15) is 23.1 Å². The molecule has 0 aromatic heterocycles. The summed E-state index contributed by atoms with van der Waals surface area (Å²) in [5.41, 5.74) is 2.63. The van der Waals surface area contributed by atoms with Crippen molar-refractivity contribution in [1.82, 2.24) is 5.32 Å². The molecule has 0 saturated heterocycles. The third kappa shape index (κ3) is 3.76. The van der Waals surface area contributed by atoms with Crippen LogP contribution in [0.2, 0.25) is 0 Å². The minimum Gasteiger partial charge on any atom is -0.461 e. The summed E-state index contributed by atoms with van der Waals surface area (Å²) in [6.07, 6.45) is 0.870. The second-order valence-electron chi connectivity index (χ2n) is 4.74. The molecule has 0 fully saturated rings. The van der Waals surface area contributed by atoms with Gasteiger partial charge in [0.05, 0.1) is 13.0 Å². The first-order valence-electron chi connectivity index (χ1n) is 6.40. The molecule has 1 aromatic carbocycles. The van der Waals surface area contributed by atoms with E-state index in [4.69, 9.17) is 9.84 Å². The number of hydrogen-bond acceptors (Lipinski definition) is 5. The van der Waals surface area contributed by atoms with Crippen molar-refractivity contribution >= 4 is 17.8 Å². The molecular weight excluding hydrogens is 274 g/mol. The van der Waals surface area contributed by atoms with Gasteiger partial charge in [-0.05, 0) is 23.6 Å². The highest BCUT2D eigenvalue weighted by molar-refractivity contribution is 6.17. The fourth-order valence-corrected chi connectivity index (χ4v) is 1.98. The van der Waals surface area contributed by atoms with Gasteiger partial charge >= 0.3 is 5.97 Å². The minimum absolute atomic E-state index is 0.0385. The Morgan fingerprint density at radius 3 is 2.67 bits per heavy atom. The van der Waals surface area contributed by atoms with E-state index in [1.54, 1.807) is 12.1 Å².